The van der Waals surface area contributed by atoms with Crippen molar-refractivity contribution in [2.24, 2.45) is 0 Å². The molecule has 3 rings (SSSR count). The number of anilines is 1. The normalized spacial score (nSPS) is 11.9. The Bertz CT molecular complexity index is 1280. The molecule has 3 aromatic rings. The van der Waals surface area contributed by atoms with Gasteiger partial charge in [0, 0.05) is 13.6 Å². The molecule has 8 nitrogen and oxygen atoms in total. The Balaban J connectivity index is 2.03. The highest BCUT2D eigenvalue weighted by atomic mass is 32.2. The summed E-state index contributed by atoms with van der Waals surface area (Å²) in [6.45, 7) is 1.57. The van der Waals surface area contributed by atoms with E-state index in [-0.39, 0.29) is 23.0 Å². The van der Waals surface area contributed by atoms with Gasteiger partial charge in [-0.3, -0.25) is 13.9 Å². The molecule has 0 aliphatic heterocycles. The van der Waals surface area contributed by atoms with Crippen LogP contribution in [-0.4, -0.2) is 58.4 Å². The van der Waals surface area contributed by atoms with Crippen LogP contribution in [0.1, 0.15) is 18.9 Å². The van der Waals surface area contributed by atoms with Gasteiger partial charge in [-0.15, -0.1) is 0 Å². The molecule has 0 unspecified atom stereocenters. The van der Waals surface area contributed by atoms with Crippen molar-refractivity contribution in [2.45, 2.75) is 30.7 Å². The van der Waals surface area contributed by atoms with Crippen molar-refractivity contribution < 1.29 is 22.7 Å². The summed E-state index contributed by atoms with van der Waals surface area (Å²) in [7, 11) is -1.17. The molecule has 2 amide bonds. The molecule has 0 aliphatic carbocycles. The van der Waals surface area contributed by atoms with Crippen molar-refractivity contribution in [3.8, 4) is 5.75 Å². The van der Waals surface area contributed by atoms with Gasteiger partial charge >= 0.3 is 0 Å². The molecule has 0 radical (unpaired) electrons. The molecule has 0 saturated heterocycles. The molecular weight excluding hydrogens is 490 g/mol. The number of hydrogen-bond acceptors (Lipinski definition) is 5. The molecule has 0 saturated carbocycles. The summed E-state index contributed by atoms with van der Waals surface area (Å²) >= 11 is 0. The molecule has 0 heterocycles. The number of nitrogens with zero attached hydrogens (tertiary/aromatic N) is 2. The molecule has 1 N–H and O–H groups in total. The fourth-order valence-electron chi connectivity index (χ4n) is 4.13. The Morgan fingerprint density at radius 3 is 2.11 bits per heavy atom. The lowest BCUT2D eigenvalue weighted by molar-refractivity contribution is -0.139. The number of nitrogens with one attached hydrogen (secondary N) is 1. The lowest BCUT2D eigenvalue weighted by atomic mass is 10.1. The summed E-state index contributed by atoms with van der Waals surface area (Å²) in [5, 5.41) is 2.62. The van der Waals surface area contributed by atoms with Gasteiger partial charge in [0.05, 0.1) is 17.7 Å². The fraction of sp³-hybridized carbons (Fsp3) is 0.286. The first-order valence-corrected chi connectivity index (χ1v) is 13.5. The standard InChI is InChI=1S/C28H33N3O5S/c1-4-24(28(33)29-2)30(20-19-22-13-7-5-8-14-22)27(32)21-31(25-17-11-12-18-26(25)36-3)37(34,35)23-15-9-6-10-16-23/h5-18,24H,4,19-21H2,1-3H3,(H,29,33)/t24-/m1/s1. The minimum Gasteiger partial charge on any atom is -0.495 e. The van der Waals surface area contributed by atoms with Crippen molar-refractivity contribution >= 4 is 27.5 Å². The van der Waals surface area contributed by atoms with Gasteiger partial charge in [0.1, 0.15) is 18.3 Å². The second kappa shape index (κ2) is 12.9. The van der Waals surface area contributed by atoms with Crippen LogP contribution in [0, 0.1) is 0 Å². The molecule has 0 aliphatic rings. The Morgan fingerprint density at radius 1 is 0.919 bits per heavy atom. The summed E-state index contributed by atoms with van der Waals surface area (Å²) in [5.41, 5.74) is 1.24. The van der Waals surface area contributed by atoms with Crippen LogP contribution in [0.4, 0.5) is 5.69 Å². The lowest BCUT2D eigenvalue weighted by Crippen LogP contribution is -2.52. The molecule has 0 aromatic heterocycles. The number of hydrogen-bond donors (Lipinski definition) is 1. The first-order chi connectivity index (χ1) is 17.8. The van der Waals surface area contributed by atoms with E-state index in [0.29, 0.717) is 18.6 Å². The average molecular weight is 524 g/mol. The maximum atomic E-state index is 13.8. The van der Waals surface area contributed by atoms with E-state index in [1.54, 1.807) is 42.5 Å². The van der Waals surface area contributed by atoms with Gasteiger partial charge in [0.2, 0.25) is 11.8 Å². The Morgan fingerprint density at radius 2 is 1.51 bits per heavy atom. The van der Waals surface area contributed by atoms with Gasteiger partial charge in [-0.05, 0) is 42.7 Å². The van der Waals surface area contributed by atoms with E-state index in [1.807, 2.05) is 37.3 Å². The molecular formula is C28H33N3O5S. The van der Waals surface area contributed by atoms with E-state index in [9.17, 15) is 18.0 Å². The number of carbonyl (C=O) groups excluding carboxylic acids is 2. The number of methoxy groups -OCH3 is 1. The van der Waals surface area contributed by atoms with Gasteiger partial charge in [-0.2, -0.15) is 0 Å². The van der Waals surface area contributed by atoms with Crippen molar-refractivity contribution in [3.05, 3.63) is 90.5 Å². The average Bonchev–Trinajstić information content (AvgIpc) is 2.94. The highest BCUT2D eigenvalue weighted by Gasteiger charge is 2.34. The smallest absolute Gasteiger partial charge is 0.264 e. The first-order valence-electron chi connectivity index (χ1n) is 12.1. The zero-order valence-corrected chi connectivity index (χ0v) is 22.1. The van der Waals surface area contributed by atoms with Crippen LogP contribution in [-0.2, 0) is 26.0 Å². The molecule has 1 atom stereocenters. The molecule has 37 heavy (non-hydrogen) atoms. The van der Waals surface area contributed by atoms with Crippen molar-refractivity contribution in [3.63, 3.8) is 0 Å². The summed E-state index contributed by atoms with van der Waals surface area (Å²) < 4.78 is 34.1. The fourth-order valence-corrected chi connectivity index (χ4v) is 5.58. The zero-order valence-electron chi connectivity index (χ0n) is 21.3. The summed E-state index contributed by atoms with van der Waals surface area (Å²) in [4.78, 5) is 28.1. The molecule has 196 valence electrons. The minimum atomic E-state index is -4.14. The number of sulfonamides is 1. The number of carbonyl (C=O) groups is 2. The number of amides is 2. The van der Waals surface area contributed by atoms with Crippen molar-refractivity contribution in [1.82, 2.24) is 10.2 Å². The van der Waals surface area contributed by atoms with E-state index in [0.717, 1.165) is 9.87 Å². The second-order valence-corrected chi connectivity index (χ2v) is 10.2. The highest BCUT2D eigenvalue weighted by molar-refractivity contribution is 7.92. The number of ether oxygens (including phenoxy) is 1. The lowest BCUT2D eigenvalue weighted by Gasteiger charge is -2.33. The van der Waals surface area contributed by atoms with Crippen LogP contribution in [0.15, 0.2) is 89.8 Å². The Kier molecular flexibility index (Phi) is 9.68. The van der Waals surface area contributed by atoms with E-state index >= 15 is 0 Å². The number of likely N-dealkylation sites (N-methyl/N-ethyl adjacent to an activating group) is 1. The second-order valence-electron chi connectivity index (χ2n) is 8.36. The highest BCUT2D eigenvalue weighted by Crippen LogP contribution is 2.32. The monoisotopic (exact) mass is 523 g/mol. The zero-order chi connectivity index (χ0) is 26.8. The third-order valence-electron chi connectivity index (χ3n) is 6.08. The van der Waals surface area contributed by atoms with Crippen LogP contribution in [0.5, 0.6) is 5.75 Å². The summed E-state index contributed by atoms with van der Waals surface area (Å²) in [6.07, 6.45) is 0.889. The minimum absolute atomic E-state index is 0.0443. The molecule has 0 spiro atoms. The van der Waals surface area contributed by atoms with Crippen LogP contribution >= 0.6 is 0 Å². The number of benzene rings is 3. The van der Waals surface area contributed by atoms with Gasteiger partial charge < -0.3 is 15.0 Å². The third kappa shape index (κ3) is 6.68. The maximum Gasteiger partial charge on any atom is 0.264 e. The predicted molar refractivity (Wildman–Crippen MR) is 144 cm³/mol. The van der Waals surface area contributed by atoms with Gasteiger partial charge in [0.25, 0.3) is 10.0 Å². The van der Waals surface area contributed by atoms with Crippen molar-refractivity contribution in [1.29, 1.82) is 0 Å². The van der Waals surface area contributed by atoms with Gasteiger partial charge in [0.15, 0.2) is 0 Å². The summed E-state index contributed by atoms with van der Waals surface area (Å²) in [6, 6.07) is 23.4. The largest absolute Gasteiger partial charge is 0.495 e. The quantitative estimate of drug-likeness (QED) is 0.392. The van der Waals surface area contributed by atoms with Crippen molar-refractivity contribution in [2.75, 3.05) is 31.6 Å². The Hall–Kier alpha value is -3.85. The van der Waals surface area contributed by atoms with Gasteiger partial charge in [-0.1, -0.05) is 67.6 Å². The predicted octanol–water partition coefficient (Wildman–Crippen LogP) is 3.49. The first kappa shape index (κ1) is 27.7. The van der Waals surface area contributed by atoms with Crippen LogP contribution in [0.2, 0.25) is 0 Å². The van der Waals surface area contributed by atoms with E-state index in [2.05, 4.69) is 5.32 Å². The molecule has 9 heteroatoms. The van der Waals surface area contributed by atoms with E-state index in [4.69, 9.17) is 4.74 Å². The summed E-state index contributed by atoms with van der Waals surface area (Å²) in [5.74, 6) is -0.487. The molecule has 0 bridgehead atoms. The van der Waals surface area contributed by atoms with Gasteiger partial charge in [-0.25, -0.2) is 8.42 Å². The van der Waals surface area contributed by atoms with Crippen LogP contribution in [0.3, 0.4) is 0 Å². The Labute approximate surface area is 218 Å². The van der Waals surface area contributed by atoms with E-state index in [1.165, 1.54) is 31.2 Å². The molecule has 3 aromatic carbocycles. The number of rotatable bonds is 12. The van der Waals surface area contributed by atoms with Crippen LogP contribution < -0.4 is 14.4 Å². The van der Waals surface area contributed by atoms with E-state index < -0.39 is 28.5 Å². The topological polar surface area (TPSA) is 96.0 Å². The third-order valence-corrected chi connectivity index (χ3v) is 7.85. The number of para-hydroxylation sites is 2. The van der Waals surface area contributed by atoms with Crippen LogP contribution in [0.25, 0.3) is 0 Å². The SMILES string of the molecule is CC[C@H](C(=O)NC)N(CCc1ccccc1)C(=O)CN(c1ccccc1OC)S(=O)(=O)c1ccccc1. The molecule has 0 fully saturated rings. The maximum absolute atomic E-state index is 13.8.